The van der Waals surface area contributed by atoms with Gasteiger partial charge in [-0.05, 0) is 30.9 Å². The van der Waals surface area contributed by atoms with E-state index in [0.29, 0.717) is 13.2 Å². The molecule has 2 nitrogen and oxygen atoms in total. The number of hydrogen-bond acceptors (Lipinski definition) is 3. The van der Waals surface area contributed by atoms with Crippen molar-refractivity contribution in [3.05, 3.63) is 29.8 Å². The van der Waals surface area contributed by atoms with Crippen LogP contribution in [0.4, 0.5) is 0 Å². The highest BCUT2D eigenvalue weighted by Gasteiger charge is 1.97. The maximum absolute atomic E-state index is 8.98. The Labute approximate surface area is 89.3 Å². The fourth-order valence-corrected chi connectivity index (χ4v) is 1.48. The van der Waals surface area contributed by atoms with Gasteiger partial charge in [-0.2, -0.15) is 0 Å². The predicted octanol–water partition coefficient (Wildman–Crippen LogP) is 2.31. The second-order valence-corrected chi connectivity index (χ2v) is 4.09. The van der Waals surface area contributed by atoms with Crippen molar-refractivity contribution >= 4 is 11.8 Å². The second-order valence-electron chi connectivity index (χ2n) is 3.21. The Balaban J connectivity index is 2.36. The van der Waals surface area contributed by atoms with E-state index in [4.69, 9.17) is 9.84 Å². The van der Waals surface area contributed by atoms with Gasteiger partial charge in [0.15, 0.2) is 0 Å². The predicted molar refractivity (Wildman–Crippen MR) is 59.6 cm³/mol. The average molecular weight is 212 g/mol. The molecule has 1 unspecified atom stereocenters. The van der Waals surface area contributed by atoms with Gasteiger partial charge in [0.05, 0.1) is 19.3 Å². The molecule has 78 valence electrons. The van der Waals surface area contributed by atoms with Crippen molar-refractivity contribution in [3.8, 4) is 0 Å². The topological polar surface area (TPSA) is 29.5 Å². The van der Waals surface area contributed by atoms with E-state index in [1.807, 2.05) is 12.1 Å². The summed E-state index contributed by atoms with van der Waals surface area (Å²) in [5, 5.41) is 8.98. The van der Waals surface area contributed by atoms with Crippen LogP contribution in [0.25, 0.3) is 0 Å². The van der Waals surface area contributed by atoms with Gasteiger partial charge in [-0.25, -0.2) is 0 Å². The van der Waals surface area contributed by atoms with Crippen molar-refractivity contribution in [1.82, 2.24) is 0 Å². The van der Waals surface area contributed by atoms with Gasteiger partial charge in [-0.15, -0.1) is 11.8 Å². The quantitative estimate of drug-likeness (QED) is 0.759. The normalized spacial score (nSPS) is 12.8. The van der Waals surface area contributed by atoms with Crippen molar-refractivity contribution in [2.75, 3.05) is 12.9 Å². The lowest BCUT2D eigenvalue weighted by Gasteiger charge is -2.06. The summed E-state index contributed by atoms with van der Waals surface area (Å²) in [4.78, 5) is 1.25. The molecule has 0 aromatic heterocycles. The fourth-order valence-electron chi connectivity index (χ4n) is 1.07. The highest BCUT2D eigenvalue weighted by Crippen LogP contribution is 2.15. The molecule has 0 spiro atoms. The van der Waals surface area contributed by atoms with Gasteiger partial charge in [0.1, 0.15) is 0 Å². The summed E-state index contributed by atoms with van der Waals surface area (Å²) in [6.07, 6.45) is 1.67. The monoisotopic (exact) mass is 212 g/mol. The number of ether oxygens (including phenoxy) is 1. The van der Waals surface area contributed by atoms with Crippen molar-refractivity contribution in [2.45, 2.75) is 24.5 Å². The van der Waals surface area contributed by atoms with Crippen LogP contribution in [-0.4, -0.2) is 24.1 Å². The van der Waals surface area contributed by atoms with Gasteiger partial charge in [-0.3, -0.25) is 0 Å². The summed E-state index contributed by atoms with van der Waals surface area (Å²) in [6, 6.07) is 8.25. The molecule has 0 saturated carbocycles. The zero-order valence-corrected chi connectivity index (χ0v) is 9.38. The molecule has 0 saturated heterocycles. The molecule has 0 aliphatic carbocycles. The minimum absolute atomic E-state index is 0.388. The minimum Gasteiger partial charge on any atom is -0.391 e. The van der Waals surface area contributed by atoms with Crippen LogP contribution < -0.4 is 0 Å². The van der Waals surface area contributed by atoms with E-state index in [9.17, 15) is 0 Å². The molecule has 3 heteroatoms. The van der Waals surface area contributed by atoms with E-state index in [-0.39, 0.29) is 6.10 Å². The summed E-state index contributed by atoms with van der Waals surface area (Å²) >= 11 is 1.73. The fraction of sp³-hybridized carbons (Fsp3) is 0.455. The molecule has 0 heterocycles. The Morgan fingerprint density at radius 2 is 2.00 bits per heavy atom. The molecular weight excluding hydrogens is 196 g/mol. The summed E-state index contributed by atoms with van der Waals surface area (Å²) in [6.45, 7) is 2.68. The lowest BCUT2D eigenvalue weighted by Crippen LogP contribution is -2.09. The molecular formula is C11H16O2S. The Morgan fingerprint density at radius 1 is 1.36 bits per heavy atom. The van der Waals surface area contributed by atoms with Crippen molar-refractivity contribution in [2.24, 2.45) is 0 Å². The first kappa shape index (κ1) is 11.6. The maximum Gasteiger partial charge on any atom is 0.0745 e. The summed E-state index contributed by atoms with van der Waals surface area (Å²) < 4.78 is 5.30. The van der Waals surface area contributed by atoms with Crippen LogP contribution >= 0.6 is 11.8 Å². The van der Waals surface area contributed by atoms with Crippen molar-refractivity contribution in [3.63, 3.8) is 0 Å². The zero-order chi connectivity index (χ0) is 10.4. The summed E-state index contributed by atoms with van der Waals surface area (Å²) in [7, 11) is 0. The van der Waals surface area contributed by atoms with Gasteiger partial charge in [0.2, 0.25) is 0 Å². The molecule has 0 aliphatic rings. The SMILES string of the molecule is CSc1ccc(COCC(C)O)cc1. The van der Waals surface area contributed by atoms with Gasteiger partial charge >= 0.3 is 0 Å². The molecule has 1 rings (SSSR count). The average Bonchev–Trinajstić information content (AvgIpc) is 2.18. The number of aliphatic hydroxyl groups is 1. The number of aliphatic hydroxyl groups excluding tert-OH is 1. The van der Waals surface area contributed by atoms with Crippen molar-refractivity contribution in [1.29, 1.82) is 0 Å². The van der Waals surface area contributed by atoms with Crippen LogP contribution in [0.15, 0.2) is 29.2 Å². The Hall–Kier alpha value is -0.510. The van der Waals surface area contributed by atoms with Crippen LogP contribution in [0, 0.1) is 0 Å². The van der Waals surface area contributed by atoms with Gasteiger partial charge in [-0.1, -0.05) is 12.1 Å². The Kier molecular flexibility index (Phi) is 5.01. The molecule has 1 aromatic rings. The zero-order valence-electron chi connectivity index (χ0n) is 8.56. The van der Waals surface area contributed by atoms with Crippen LogP contribution in [0.2, 0.25) is 0 Å². The molecule has 0 radical (unpaired) electrons. The third-order valence-corrected chi connectivity index (χ3v) is 2.53. The minimum atomic E-state index is -0.388. The highest BCUT2D eigenvalue weighted by atomic mass is 32.2. The van der Waals surface area contributed by atoms with E-state index >= 15 is 0 Å². The third-order valence-electron chi connectivity index (χ3n) is 1.79. The number of benzene rings is 1. The number of hydrogen-bond donors (Lipinski definition) is 1. The van der Waals surface area contributed by atoms with Crippen LogP contribution in [0.3, 0.4) is 0 Å². The highest BCUT2D eigenvalue weighted by molar-refractivity contribution is 7.98. The summed E-state index contributed by atoms with van der Waals surface area (Å²) in [5.74, 6) is 0. The van der Waals surface area contributed by atoms with Gasteiger partial charge in [0, 0.05) is 4.90 Å². The Morgan fingerprint density at radius 3 is 2.50 bits per heavy atom. The standard InChI is InChI=1S/C11H16O2S/c1-9(12)7-13-8-10-3-5-11(14-2)6-4-10/h3-6,9,12H,7-8H2,1-2H3. The number of thioether (sulfide) groups is 1. The molecule has 14 heavy (non-hydrogen) atoms. The molecule has 1 aromatic carbocycles. The molecule has 1 N–H and O–H groups in total. The molecule has 0 bridgehead atoms. The van der Waals surface area contributed by atoms with Crippen LogP contribution in [0.1, 0.15) is 12.5 Å². The van der Waals surface area contributed by atoms with E-state index in [2.05, 4.69) is 18.4 Å². The maximum atomic E-state index is 8.98. The van der Waals surface area contributed by atoms with Crippen LogP contribution in [0.5, 0.6) is 0 Å². The van der Waals surface area contributed by atoms with E-state index < -0.39 is 0 Å². The smallest absolute Gasteiger partial charge is 0.0745 e. The number of rotatable bonds is 5. The third kappa shape index (κ3) is 4.13. The van der Waals surface area contributed by atoms with Gasteiger partial charge in [0.25, 0.3) is 0 Å². The Bertz CT molecular complexity index is 256. The lowest BCUT2D eigenvalue weighted by molar-refractivity contribution is 0.0376. The lowest BCUT2D eigenvalue weighted by atomic mass is 10.2. The molecule has 1 atom stereocenters. The van der Waals surface area contributed by atoms with Crippen molar-refractivity contribution < 1.29 is 9.84 Å². The first-order chi connectivity index (χ1) is 6.72. The van der Waals surface area contributed by atoms with Crippen LogP contribution in [-0.2, 0) is 11.3 Å². The van der Waals surface area contributed by atoms with E-state index in [0.717, 1.165) is 5.56 Å². The molecule has 0 amide bonds. The first-order valence-corrected chi connectivity index (χ1v) is 5.83. The largest absolute Gasteiger partial charge is 0.391 e. The molecule has 0 aliphatic heterocycles. The second kappa shape index (κ2) is 6.06. The molecule has 0 fully saturated rings. The first-order valence-electron chi connectivity index (χ1n) is 4.61. The summed E-state index contributed by atoms with van der Waals surface area (Å²) in [5.41, 5.74) is 1.14. The van der Waals surface area contributed by atoms with E-state index in [1.54, 1.807) is 18.7 Å². The van der Waals surface area contributed by atoms with E-state index in [1.165, 1.54) is 4.90 Å². The van der Waals surface area contributed by atoms with Gasteiger partial charge < -0.3 is 9.84 Å².